The summed E-state index contributed by atoms with van der Waals surface area (Å²) in [4.78, 5) is 4.51. The average Bonchev–Trinajstić information content (AvgIpc) is 3.18. The molecule has 2 fully saturated rings. The summed E-state index contributed by atoms with van der Waals surface area (Å²) in [5, 5.41) is 0. The summed E-state index contributed by atoms with van der Waals surface area (Å²) in [5.74, 6) is 1.60. The minimum absolute atomic E-state index is 0. The van der Waals surface area contributed by atoms with Gasteiger partial charge in [0.05, 0.1) is 5.60 Å². The van der Waals surface area contributed by atoms with E-state index in [9.17, 15) is 0 Å². The van der Waals surface area contributed by atoms with Gasteiger partial charge in [0.15, 0.2) is 5.90 Å². The number of nitrogens with zero attached hydrogens (tertiary/aromatic N) is 1. The Balaban J connectivity index is 0.000000542. The van der Waals surface area contributed by atoms with Crippen molar-refractivity contribution in [3.63, 3.8) is 0 Å². The molecule has 0 amide bonds. The summed E-state index contributed by atoms with van der Waals surface area (Å²) in [6.07, 6.45) is 18.8. The Morgan fingerprint density at radius 2 is 1.77 bits per heavy atom. The van der Waals surface area contributed by atoms with E-state index in [0.717, 1.165) is 5.92 Å². The molecule has 0 saturated heterocycles. The molecule has 5 heteroatoms. The van der Waals surface area contributed by atoms with Crippen LogP contribution in [0.1, 0.15) is 13.8 Å². The molecule has 10 radical (unpaired) electrons. The first kappa shape index (κ1) is 22.5. The molecule has 1 atom stereocenters. The number of hydrogen-bond donors (Lipinski definition) is 0. The summed E-state index contributed by atoms with van der Waals surface area (Å²) < 4.78 is 10.9. The summed E-state index contributed by atoms with van der Waals surface area (Å²) in [6, 6.07) is 0.0563. The Morgan fingerprint density at radius 1 is 1.18 bits per heavy atom. The molecule has 3 rings (SSSR count). The quantitative estimate of drug-likeness (QED) is 0.516. The molecule has 1 aliphatic heterocycles. The Bertz CT molecular complexity index is 319. The van der Waals surface area contributed by atoms with Crippen molar-refractivity contribution >= 4 is 5.90 Å². The third-order valence-corrected chi connectivity index (χ3v) is 3.36. The van der Waals surface area contributed by atoms with Crippen molar-refractivity contribution in [3.8, 4) is 0 Å². The maximum atomic E-state index is 5.54. The smallest absolute Gasteiger partial charge is 0.481 e. The minimum Gasteiger partial charge on any atom is -0.481 e. The molecule has 0 N–H and O–H groups in total. The average molecular weight is 333 g/mol. The maximum absolute atomic E-state index is 5.54. The number of rotatable bonds is 3. The topological polar surface area (TPSA) is 30.8 Å². The molecule has 0 aromatic carbocycles. The van der Waals surface area contributed by atoms with E-state index < -0.39 is 0 Å². The van der Waals surface area contributed by atoms with Gasteiger partial charge in [-0.15, -0.1) is 5.92 Å². The molecule has 2 aliphatic carbocycles. The molecule has 0 spiro atoms. The monoisotopic (exact) mass is 333 g/mol. The molecule has 0 aromatic heterocycles. The van der Waals surface area contributed by atoms with Crippen molar-refractivity contribution in [2.75, 3.05) is 13.7 Å². The molecule has 22 heavy (non-hydrogen) atoms. The fourth-order valence-corrected chi connectivity index (χ4v) is 1.80. The van der Waals surface area contributed by atoms with Crippen LogP contribution in [-0.2, 0) is 26.5 Å². The van der Waals surface area contributed by atoms with Gasteiger partial charge in [-0.2, -0.15) is 0 Å². The van der Waals surface area contributed by atoms with Crippen LogP contribution in [0.5, 0.6) is 0 Å². The van der Waals surface area contributed by atoms with Gasteiger partial charge in [-0.25, -0.2) is 11.4 Å². The zero-order valence-electron chi connectivity index (χ0n) is 13.5. The molecule has 0 bridgehead atoms. The van der Waals surface area contributed by atoms with Crippen LogP contribution in [0.2, 0.25) is 0 Å². The number of ether oxygens (including phenoxy) is 2. The van der Waals surface area contributed by atoms with Gasteiger partial charge in [0.25, 0.3) is 0 Å². The van der Waals surface area contributed by atoms with Crippen LogP contribution in [0.15, 0.2) is 4.99 Å². The van der Waals surface area contributed by atoms with Crippen LogP contribution < -0.4 is 18.9 Å². The van der Waals surface area contributed by atoms with Gasteiger partial charge in [0.1, 0.15) is 12.6 Å². The van der Waals surface area contributed by atoms with Crippen molar-refractivity contribution in [3.05, 3.63) is 63.7 Å². The molecule has 3 nitrogen and oxygen atoms in total. The van der Waals surface area contributed by atoms with E-state index in [1.807, 2.05) is 65.2 Å². The molecular weight excluding hydrogens is 313 g/mol. The van der Waals surface area contributed by atoms with Gasteiger partial charge in [0.2, 0.25) is 0 Å². The molecule has 0 unspecified atom stereocenters. The first-order valence-corrected chi connectivity index (χ1v) is 6.69. The SMILES string of the molecule is COC(C)(C)[C@@H]1COC([C]2[C-][CH][CH][CH]2)=N1.[CH]1[CH][CH][CH][CH]1.[Fe+2].[Li+]. The standard InChI is InChI=1S/C12H15NO2.C5H5.Fe.Li/c1-12(2,14-3)10-8-15-11(13-10)9-6-4-5-7-9;1-2-4-5-3-1;;/h4-6,10H,8H2,1-3H3;1-5H;;/q-1;;+2;+1/t10-;;;/m0.../s1. The first-order valence-electron chi connectivity index (χ1n) is 6.69. The predicted octanol–water partition coefficient (Wildman–Crippen LogP) is -0.486. The number of methoxy groups -OCH3 is 1. The summed E-state index contributed by atoms with van der Waals surface area (Å²) in [5.41, 5.74) is -0.283. The van der Waals surface area contributed by atoms with E-state index in [0.29, 0.717) is 12.5 Å². The fourth-order valence-electron chi connectivity index (χ4n) is 1.80. The summed E-state index contributed by atoms with van der Waals surface area (Å²) >= 11 is 0. The van der Waals surface area contributed by atoms with Crippen molar-refractivity contribution in [1.29, 1.82) is 0 Å². The van der Waals surface area contributed by atoms with Crippen LogP contribution >= 0.6 is 0 Å². The Hall–Kier alpha value is 0.547. The third kappa shape index (κ3) is 6.58. The van der Waals surface area contributed by atoms with Crippen molar-refractivity contribution in [1.82, 2.24) is 0 Å². The van der Waals surface area contributed by atoms with Crippen LogP contribution in [0.25, 0.3) is 0 Å². The minimum atomic E-state index is -0.283. The second-order valence-electron chi connectivity index (χ2n) is 5.11. The second kappa shape index (κ2) is 11.2. The molecule has 3 aliphatic rings. The molecule has 1 heterocycles. The van der Waals surface area contributed by atoms with Crippen molar-refractivity contribution in [2.24, 2.45) is 4.99 Å². The van der Waals surface area contributed by atoms with Gasteiger partial charge in [-0.05, 0) is 46.0 Å². The van der Waals surface area contributed by atoms with Crippen LogP contribution in [-0.4, -0.2) is 31.3 Å². The van der Waals surface area contributed by atoms with Gasteiger partial charge < -0.3 is 15.9 Å². The normalized spacial score (nSPS) is 24.5. The Morgan fingerprint density at radius 3 is 2.23 bits per heavy atom. The van der Waals surface area contributed by atoms with E-state index in [4.69, 9.17) is 9.47 Å². The van der Waals surface area contributed by atoms with Crippen LogP contribution in [0.4, 0.5) is 0 Å². The largest absolute Gasteiger partial charge is 2.00 e. The maximum Gasteiger partial charge on any atom is 2.00 e. The van der Waals surface area contributed by atoms with E-state index >= 15 is 0 Å². The Kier molecular flexibility index (Phi) is 11.4. The van der Waals surface area contributed by atoms with Crippen molar-refractivity contribution in [2.45, 2.75) is 25.5 Å². The van der Waals surface area contributed by atoms with Gasteiger partial charge in [-0.1, -0.05) is 12.8 Å². The third-order valence-electron chi connectivity index (χ3n) is 3.36. The second-order valence-corrected chi connectivity index (χ2v) is 5.11. The van der Waals surface area contributed by atoms with E-state index in [2.05, 4.69) is 11.4 Å². The zero-order valence-corrected chi connectivity index (χ0v) is 14.6. The molecular formula is C17H20FeLiNO2+2. The Labute approximate surface area is 159 Å². The van der Waals surface area contributed by atoms with Crippen LogP contribution in [0, 0.1) is 63.7 Å². The fraction of sp³-hybridized carbons (Fsp3) is 0.353. The van der Waals surface area contributed by atoms with E-state index in [1.165, 1.54) is 0 Å². The van der Waals surface area contributed by atoms with E-state index in [-0.39, 0.29) is 47.6 Å². The summed E-state index contributed by atoms with van der Waals surface area (Å²) in [6.45, 7) is 4.61. The molecule has 112 valence electrons. The number of hydrogen-bond acceptors (Lipinski definition) is 3. The summed E-state index contributed by atoms with van der Waals surface area (Å²) in [7, 11) is 1.70. The van der Waals surface area contributed by atoms with E-state index in [1.54, 1.807) is 7.11 Å². The van der Waals surface area contributed by atoms with Crippen LogP contribution in [0.3, 0.4) is 0 Å². The van der Waals surface area contributed by atoms with Gasteiger partial charge in [0, 0.05) is 7.11 Å². The molecule has 0 aromatic rings. The van der Waals surface area contributed by atoms with Crippen molar-refractivity contribution < 1.29 is 45.4 Å². The molecule has 2 saturated carbocycles. The number of aliphatic imine (C=N–C) groups is 1. The zero-order chi connectivity index (χ0) is 14.4. The first-order chi connectivity index (χ1) is 9.63. The predicted molar refractivity (Wildman–Crippen MR) is 79.1 cm³/mol. The van der Waals surface area contributed by atoms with Gasteiger partial charge >= 0.3 is 35.9 Å². The van der Waals surface area contributed by atoms with Gasteiger partial charge in [-0.3, -0.25) is 0 Å².